The fraction of sp³-hybridized carbons (Fsp3) is 0.444. The molecule has 0 fully saturated rings. The lowest BCUT2D eigenvalue weighted by atomic mass is 10.3. The van der Waals surface area contributed by atoms with Gasteiger partial charge in [0.15, 0.2) is 0 Å². The van der Waals surface area contributed by atoms with Crippen molar-refractivity contribution in [3.05, 3.63) is 18.3 Å². The van der Waals surface area contributed by atoms with Gasteiger partial charge >= 0.3 is 0 Å². The Labute approximate surface area is 87.9 Å². The van der Waals surface area contributed by atoms with Crippen molar-refractivity contribution in [2.24, 2.45) is 5.84 Å². The highest BCUT2D eigenvalue weighted by atomic mass is 32.2. The normalized spacial score (nSPS) is 14.9. The van der Waals surface area contributed by atoms with E-state index in [1.165, 1.54) is 0 Å². The lowest BCUT2D eigenvalue weighted by Crippen LogP contribution is -2.15. The average Bonchev–Trinajstić information content (AvgIpc) is 2.18. The van der Waals surface area contributed by atoms with E-state index >= 15 is 0 Å². The van der Waals surface area contributed by atoms with Crippen LogP contribution in [0.25, 0.3) is 0 Å². The van der Waals surface area contributed by atoms with Crippen LogP contribution in [0.2, 0.25) is 0 Å². The Balaban J connectivity index is 2.66. The van der Waals surface area contributed by atoms with Crippen molar-refractivity contribution in [1.82, 2.24) is 4.98 Å². The lowest BCUT2D eigenvalue weighted by molar-refractivity contribution is 0.196. The molecule has 14 heavy (non-hydrogen) atoms. The monoisotopic (exact) mass is 213 g/mol. The smallest absolute Gasteiger partial charge is 0.140 e. The van der Waals surface area contributed by atoms with Gasteiger partial charge in [0.1, 0.15) is 5.82 Å². The zero-order valence-corrected chi connectivity index (χ0v) is 9.08. The predicted molar refractivity (Wildman–Crippen MR) is 59.0 cm³/mol. The van der Waals surface area contributed by atoms with E-state index in [1.807, 2.05) is 19.1 Å². The number of nitrogens with one attached hydrogen (secondary N) is 1. The molecule has 78 valence electrons. The van der Waals surface area contributed by atoms with Crippen molar-refractivity contribution < 1.29 is 5.11 Å². The van der Waals surface area contributed by atoms with Crippen molar-refractivity contribution in [2.45, 2.75) is 30.1 Å². The molecule has 2 unspecified atom stereocenters. The van der Waals surface area contributed by atoms with Gasteiger partial charge in [0, 0.05) is 16.3 Å². The Kier molecular flexibility index (Phi) is 4.19. The highest BCUT2D eigenvalue weighted by Crippen LogP contribution is 2.25. The van der Waals surface area contributed by atoms with Crippen LogP contribution >= 0.6 is 11.8 Å². The molecule has 4 N–H and O–H groups in total. The number of aromatic nitrogens is 1. The number of nitrogens with zero attached hydrogens (tertiary/aromatic N) is 1. The van der Waals surface area contributed by atoms with Crippen molar-refractivity contribution in [1.29, 1.82) is 0 Å². The summed E-state index contributed by atoms with van der Waals surface area (Å²) >= 11 is 1.60. The molecule has 0 saturated carbocycles. The maximum atomic E-state index is 9.33. The SMILES string of the molecule is CC(O)C(C)Sc1ccnc(NN)c1. The van der Waals surface area contributed by atoms with Crippen LogP contribution in [0.15, 0.2) is 23.2 Å². The molecule has 2 atom stereocenters. The van der Waals surface area contributed by atoms with Crippen LogP contribution in [0.5, 0.6) is 0 Å². The third-order valence-electron chi connectivity index (χ3n) is 1.88. The first-order valence-corrected chi connectivity index (χ1v) is 5.29. The second-order valence-electron chi connectivity index (χ2n) is 3.08. The zero-order valence-electron chi connectivity index (χ0n) is 8.27. The Bertz CT molecular complexity index is 293. The second kappa shape index (κ2) is 5.19. The minimum absolute atomic E-state index is 0.156. The van der Waals surface area contributed by atoms with E-state index in [9.17, 15) is 5.11 Å². The van der Waals surface area contributed by atoms with Gasteiger partial charge in [-0.05, 0) is 19.1 Å². The number of rotatable bonds is 4. The number of anilines is 1. The van der Waals surface area contributed by atoms with Crippen molar-refractivity contribution >= 4 is 17.6 Å². The van der Waals surface area contributed by atoms with Crippen molar-refractivity contribution in [3.8, 4) is 0 Å². The Morgan fingerprint density at radius 2 is 2.29 bits per heavy atom. The Hall–Kier alpha value is -0.780. The Morgan fingerprint density at radius 1 is 1.57 bits per heavy atom. The van der Waals surface area contributed by atoms with Crippen LogP contribution in [0.3, 0.4) is 0 Å². The third kappa shape index (κ3) is 3.17. The molecule has 0 saturated heterocycles. The number of pyridine rings is 1. The number of hydrazine groups is 1. The summed E-state index contributed by atoms with van der Waals surface area (Å²) in [5.41, 5.74) is 2.48. The fourth-order valence-electron chi connectivity index (χ4n) is 0.877. The van der Waals surface area contributed by atoms with Gasteiger partial charge < -0.3 is 10.5 Å². The van der Waals surface area contributed by atoms with Gasteiger partial charge in [-0.25, -0.2) is 10.8 Å². The van der Waals surface area contributed by atoms with Crippen LogP contribution in [-0.2, 0) is 0 Å². The quantitative estimate of drug-likeness (QED) is 0.398. The molecule has 1 heterocycles. The number of aliphatic hydroxyl groups excluding tert-OH is 1. The lowest BCUT2D eigenvalue weighted by Gasteiger charge is -2.14. The summed E-state index contributed by atoms with van der Waals surface area (Å²) in [7, 11) is 0. The van der Waals surface area contributed by atoms with Gasteiger partial charge in [-0.15, -0.1) is 11.8 Å². The van der Waals surface area contributed by atoms with E-state index in [0.717, 1.165) is 4.90 Å². The summed E-state index contributed by atoms with van der Waals surface area (Å²) in [5, 5.41) is 9.49. The highest BCUT2D eigenvalue weighted by molar-refractivity contribution is 8.00. The number of hydrogen-bond donors (Lipinski definition) is 3. The van der Waals surface area contributed by atoms with Crippen LogP contribution in [0.4, 0.5) is 5.82 Å². The minimum atomic E-state index is -0.331. The van der Waals surface area contributed by atoms with Crippen LogP contribution < -0.4 is 11.3 Å². The summed E-state index contributed by atoms with van der Waals surface area (Å²) < 4.78 is 0. The van der Waals surface area contributed by atoms with Gasteiger partial charge in [0.2, 0.25) is 0 Å². The van der Waals surface area contributed by atoms with Gasteiger partial charge in [0.05, 0.1) is 6.10 Å². The van der Waals surface area contributed by atoms with E-state index in [0.29, 0.717) is 5.82 Å². The molecule has 1 aromatic rings. The molecule has 0 aromatic carbocycles. The molecule has 0 aliphatic carbocycles. The van der Waals surface area contributed by atoms with Crippen LogP contribution in [-0.4, -0.2) is 21.4 Å². The number of nitrogens with two attached hydrogens (primary N) is 1. The van der Waals surface area contributed by atoms with E-state index in [-0.39, 0.29) is 11.4 Å². The predicted octanol–water partition coefficient (Wildman–Crippen LogP) is 1.23. The highest BCUT2D eigenvalue weighted by Gasteiger charge is 2.10. The number of nitrogen functional groups attached to an aromatic ring is 1. The topological polar surface area (TPSA) is 71.2 Å². The van der Waals surface area contributed by atoms with E-state index < -0.39 is 0 Å². The van der Waals surface area contributed by atoms with Gasteiger partial charge in [-0.3, -0.25) is 0 Å². The molecule has 0 bridgehead atoms. The summed E-state index contributed by atoms with van der Waals surface area (Å²) in [4.78, 5) is 5.04. The molecule has 1 aromatic heterocycles. The largest absolute Gasteiger partial charge is 0.392 e. The molecule has 4 nitrogen and oxygen atoms in total. The summed E-state index contributed by atoms with van der Waals surface area (Å²) in [6.07, 6.45) is 1.36. The molecular formula is C9H15N3OS. The third-order valence-corrected chi connectivity index (χ3v) is 3.17. The van der Waals surface area contributed by atoms with E-state index in [4.69, 9.17) is 5.84 Å². The molecular weight excluding hydrogens is 198 g/mol. The van der Waals surface area contributed by atoms with Crippen molar-refractivity contribution in [3.63, 3.8) is 0 Å². The van der Waals surface area contributed by atoms with Gasteiger partial charge in [-0.2, -0.15) is 0 Å². The van der Waals surface area contributed by atoms with E-state index in [2.05, 4.69) is 10.4 Å². The first-order valence-electron chi connectivity index (χ1n) is 4.41. The standard InChI is InChI=1S/C9H15N3OS/c1-6(13)7(2)14-8-3-4-11-9(5-8)12-10/h3-7,13H,10H2,1-2H3,(H,11,12). The minimum Gasteiger partial charge on any atom is -0.392 e. The first-order chi connectivity index (χ1) is 6.63. The summed E-state index contributed by atoms with van der Waals surface area (Å²) in [6.45, 7) is 3.76. The maximum absolute atomic E-state index is 9.33. The fourth-order valence-corrected chi connectivity index (χ4v) is 1.82. The van der Waals surface area contributed by atoms with Crippen LogP contribution in [0, 0.1) is 0 Å². The Morgan fingerprint density at radius 3 is 2.86 bits per heavy atom. The van der Waals surface area contributed by atoms with E-state index in [1.54, 1.807) is 24.9 Å². The molecule has 0 radical (unpaired) electrons. The molecule has 0 spiro atoms. The summed E-state index contributed by atoms with van der Waals surface area (Å²) in [5.74, 6) is 5.87. The molecule has 1 rings (SSSR count). The maximum Gasteiger partial charge on any atom is 0.140 e. The van der Waals surface area contributed by atoms with Crippen molar-refractivity contribution in [2.75, 3.05) is 5.43 Å². The zero-order chi connectivity index (χ0) is 10.6. The first kappa shape index (κ1) is 11.3. The van der Waals surface area contributed by atoms with Crippen LogP contribution in [0.1, 0.15) is 13.8 Å². The summed E-state index contributed by atoms with van der Waals surface area (Å²) in [6, 6.07) is 3.74. The molecule has 0 amide bonds. The van der Waals surface area contributed by atoms with Gasteiger partial charge in [0.25, 0.3) is 0 Å². The number of hydrogen-bond acceptors (Lipinski definition) is 5. The second-order valence-corrected chi connectivity index (χ2v) is 4.54. The number of thioether (sulfide) groups is 1. The number of aliphatic hydroxyl groups is 1. The molecule has 5 heteroatoms. The average molecular weight is 213 g/mol. The molecule has 0 aliphatic rings. The van der Waals surface area contributed by atoms with Gasteiger partial charge in [-0.1, -0.05) is 6.92 Å². The molecule has 0 aliphatic heterocycles.